The molecule has 0 radical (unpaired) electrons. The fourth-order valence-electron chi connectivity index (χ4n) is 3.70. The van der Waals surface area contributed by atoms with Crippen molar-refractivity contribution in [2.75, 3.05) is 11.9 Å². The molecule has 1 fully saturated rings. The van der Waals surface area contributed by atoms with Gasteiger partial charge < -0.3 is 10.1 Å². The number of hydrogen-bond acceptors (Lipinski definition) is 7. The second kappa shape index (κ2) is 10.4. The van der Waals surface area contributed by atoms with Crippen molar-refractivity contribution in [2.24, 2.45) is 0 Å². The van der Waals surface area contributed by atoms with Crippen LogP contribution in [-0.2, 0) is 31.7 Å². The number of ether oxygens (including phenoxy) is 1. The fraction of sp³-hybridized carbons (Fsp3) is 0.292. The maximum atomic E-state index is 12.8. The van der Waals surface area contributed by atoms with Gasteiger partial charge in [0.1, 0.15) is 12.6 Å². The predicted molar refractivity (Wildman–Crippen MR) is 129 cm³/mol. The van der Waals surface area contributed by atoms with Crippen molar-refractivity contribution in [3.63, 3.8) is 0 Å². The molecule has 1 atom stereocenters. The first-order valence-corrected chi connectivity index (χ1v) is 13.4. The highest BCUT2D eigenvalue weighted by Gasteiger charge is 2.35. The van der Waals surface area contributed by atoms with Crippen molar-refractivity contribution in [3.8, 4) is 0 Å². The molecule has 2 amide bonds. The summed E-state index contributed by atoms with van der Waals surface area (Å²) in [5.74, 6) is -0.625. The third-order valence-electron chi connectivity index (χ3n) is 5.49. The van der Waals surface area contributed by atoms with E-state index < -0.39 is 22.0 Å². The van der Waals surface area contributed by atoms with Crippen LogP contribution in [0.5, 0.6) is 0 Å². The van der Waals surface area contributed by atoms with Gasteiger partial charge in [-0.25, -0.2) is 18.2 Å². The zero-order chi connectivity index (χ0) is 24.1. The third-order valence-corrected chi connectivity index (χ3v) is 7.97. The Morgan fingerprint density at radius 2 is 1.88 bits per heavy atom. The van der Waals surface area contributed by atoms with Gasteiger partial charge in [0.25, 0.3) is 0 Å². The van der Waals surface area contributed by atoms with Crippen LogP contribution in [0.1, 0.15) is 29.7 Å². The zero-order valence-electron chi connectivity index (χ0n) is 18.6. The summed E-state index contributed by atoms with van der Waals surface area (Å²) in [5.41, 5.74) is 2.20. The van der Waals surface area contributed by atoms with Crippen LogP contribution in [-0.4, -0.2) is 42.9 Å². The van der Waals surface area contributed by atoms with Crippen LogP contribution >= 0.6 is 11.3 Å². The number of anilines is 1. The number of carbonyl (C=O) groups is 2. The molecule has 34 heavy (non-hydrogen) atoms. The lowest BCUT2D eigenvalue weighted by Gasteiger charge is -2.22. The SMILES string of the molecule is Cc1ccc(S(=O)(=O)Cc2csc(NC(=O)[C@@H]3CCCN3C(=O)OCc3ccccc3)n2)cc1. The number of carbonyl (C=O) groups excluding carboxylic acids is 2. The quantitative estimate of drug-likeness (QED) is 0.523. The Balaban J connectivity index is 1.35. The predicted octanol–water partition coefficient (Wildman–Crippen LogP) is 4.17. The number of nitrogens with one attached hydrogen (secondary N) is 1. The van der Waals surface area contributed by atoms with Crippen molar-refractivity contribution < 1.29 is 22.7 Å². The summed E-state index contributed by atoms with van der Waals surface area (Å²) in [4.78, 5) is 31.3. The number of aromatic nitrogens is 1. The van der Waals surface area contributed by atoms with E-state index in [1.807, 2.05) is 37.3 Å². The van der Waals surface area contributed by atoms with E-state index >= 15 is 0 Å². The Bertz CT molecular complexity index is 1260. The van der Waals surface area contributed by atoms with Gasteiger partial charge in [-0.3, -0.25) is 9.69 Å². The zero-order valence-corrected chi connectivity index (χ0v) is 20.3. The van der Waals surface area contributed by atoms with E-state index in [0.717, 1.165) is 22.5 Å². The first-order chi connectivity index (χ1) is 16.3. The molecule has 1 aliphatic rings. The molecule has 3 aromatic rings. The second-order valence-electron chi connectivity index (χ2n) is 8.10. The minimum atomic E-state index is -3.55. The molecule has 1 saturated heterocycles. The van der Waals surface area contributed by atoms with Crippen LogP contribution in [0.15, 0.2) is 64.9 Å². The van der Waals surface area contributed by atoms with Gasteiger partial charge in [-0.15, -0.1) is 11.3 Å². The number of likely N-dealkylation sites (tertiary alicyclic amines) is 1. The molecule has 2 aromatic carbocycles. The van der Waals surface area contributed by atoms with Crippen molar-refractivity contribution in [2.45, 2.75) is 43.1 Å². The molecule has 178 valence electrons. The monoisotopic (exact) mass is 499 g/mol. The van der Waals surface area contributed by atoms with Crippen LogP contribution in [0, 0.1) is 6.92 Å². The van der Waals surface area contributed by atoms with Crippen LogP contribution < -0.4 is 5.32 Å². The van der Waals surface area contributed by atoms with E-state index in [1.54, 1.807) is 29.6 Å². The van der Waals surface area contributed by atoms with E-state index in [2.05, 4.69) is 10.3 Å². The molecule has 1 aliphatic heterocycles. The lowest BCUT2D eigenvalue weighted by Crippen LogP contribution is -2.43. The number of thiazole rings is 1. The molecule has 1 N–H and O–H groups in total. The third kappa shape index (κ3) is 5.81. The van der Waals surface area contributed by atoms with Crippen LogP contribution in [0.2, 0.25) is 0 Å². The molecule has 0 aliphatic carbocycles. The summed E-state index contributed by atoms with van der Waals surface area (Å²) in [6, 6.07) is 15.3. The van der Waals surface area contributed by atoms with Crippen LogP contribution in [0.25, 0.3) is 0 Å². The molecule has 4 rings (SSSR count). The topological polar surface area (TPSA) is 106 Å². The maximum absolute atomic E-state index is 12.8. The number of nitrogens with zero attached hydrogens (tertiary/aromatic N) is 2. The van der Waals surface area contributed by atoms with Crippen molar-refractivity contribution in [1.82, 2.24) is 9.88 Å². The molecule has 0 bridgehead atoms. The van der Waals surface area contributed by atoms with Crippen LogP contribution in [0.3, 0.4) is 0 Å². The number of benzene rings is 2. The number of sulfone groups is 1. The van der Waals surface area contributed by atoms with Crippen LogP contribution in [0.4, 0.5) is 9.93 Å². The molecular weight excluding hydrogens is 474 g/mol. The summed E-state index contributed by atoms with van der Waals surface area (Å²) < 4.78 is 30.7. The molecule has 2 heterocycles. The van der Waals surface area contributed by atoms with E-state index in [9.17, 15) is 18.0 Å². The average molecular weight is 500 g/mol. The number of amides is 2. The summed E-state index contributed by atoms with van der Waals surface area (Å²) in [7, 11) is -3.55. The average Bonchev–Trinajstić information content (AvgIpc) is 3.48. The minimum Gasteiger partial charge on any atom is -0.445 e. The number of aryl methyl sites for hydroxylation is 1. The summed E-state index contributed by atoms with van der Waals surface area (Å²) in [5, 5.41) is 4.63. The Morgan fingerprint density at radius 1 is 1.15 bits per heavy atom. The normalized spacial score (nSPS) is 15.8. The molecule has 8 nitrogen and oxygen atoms in total. The highest BCUT2D eigenvalue weighted by atomic mass is 32.2. The maximum Gasteiger partial charge on any atom is 0.410 e. The summed E-state index contributed by atoms with van der Waals surface area (Å²) >= 11 is 1.15. The standard InChI is InChI=1S/C24H25N3O5S2/c1-17-9-11-20(12-10-17)34(30,31)16-19-15-33-23(25-19)26-22(28)21-8-5-13-27(21)24(29)32-14-18-6-3-2-4-7-18/h2-4,6-7,9-12,15,21H,5,8,13-14,16H2,1H3,(H,25,26,28)/t21-/m0/s1. The number of hydrogen-bond donors (Lipinski definition) is 1. The lowest BCUT2D eigenvalue weighted by molar-refractivity contribution is -0.120. The van der Waals surface area contributed by atoms with Gasteiger partial charge in [0.15, 0.2) is 15.0 Å². The van der Waals surface area contributed by atoms with E-state index in [1.165, 1.54) is 4.90 Å². The smallest absolute Gasteiger partial charge is 0.410 e. The van der Waals surface area contributed by atoms with Gasteiger partial charge in [-0.05, 0) is 37.5 Å². The van der Waals surface area contributed by atoms with Gasteiger partial charge in [-0.1, -0.05) is 48.0 Å². The Labute approximate surface area is 202 Å². The van der Waals surface area contributed by atoms with Gasteiger partial charge in [0.2, 0.25) is 5.91 Å². The summed E-state index contributed by atoms with van der Waals surface area (Å²) in [6.45, 7) is 2.46. The first-order valence-electron chi connectivity index (χ1n) is 10.8. The van der Waals surface area contributed by atoms with Crippen molar-refractivity contribution in [1.29, 1.82) is 0 Å². The Kier molecular flexibility index (Phi) is 7.28. The van der Waals surface area contributed by atoms with Gasteiger partial charge >= 0.3 is 6.09 Å². The minimum absolute atomic E-state index is 0.135. The fourth-order valence-corrected chi connectivity index (χ4v) is 5.78. The highest BCUT2D eigenvalue weighted by molar-refractivity contribution is 7.90. The van der Waals surface area contributed by atoms with E-state index in [0.29, 0.717) is 30.2 Å². The Hall–Kier alpha value is -3.24. The molecule has 1 aromatic heterocycles. The van der Waals surface area contributed by atoms with Crippen molar-refractivity contribution in [3.05, 3.63) is 76.8 Å². The number of rotatable bonds is 7. The highest BCUT2D eigenvalue weighted by Crippen LogP contribution is 2.24. The molecule has 0 unspecified atom stereocenters. The first kappa shape index (κ1) is 23.9. The van der Waals surface area contributed by atoms with E-state index in [4.69, 9.17) is 4.74 Å². The van der Waals surface area contributed by atoms with Gasteiger partial charge in [0.05, 0.1) is 16.3 Å². The van der Waals surface area contributed by atoms with Gasteiger partial charge in [0, 0.05) is 11.9 Å². The lowest BCUT2D eigenvalue weighted by atomic mass is 10.2. The van der Waals surface area contributed by atoms with Gasteiger partial charge in [-0.2, -0.15) is 0 Å². The molecule has 0 spiro atoms. The van der Waals surface area contributed by atoms with E-state index in [-0.39, 0.29) is 23.2 Å². The van der Waals surface area contributed by atoms with Crippen molar-refractivity contribution >= 4 is 38.3 Å². The second-order valence-corrected chi connectivity index (χ2v) is 10.9. The molecule has 10 heteroatoms. The molecule has 0 saturated carbocycles. The Morgan fingerprint density at radius 3 is 2.62 bits per heavy atom. The molecular formula is C24H25N3O5S2. The summed E-state index contributed by atoms with van der Waals surface area (Å²) in [6.07, 6.45) is 0.675. The largest absolute Gasteiger partial charge is 0.445 e.